The van der Waals surface area contributed by atoms with Gasteiger partial charge in [0.05, 0.1) is 19.4 Å². The summed E-state index contributed by atoms with van der Waals surface area (Å²) in [5, 5.41) is 10.3. The molecule has 1 aliphatic heterocycles. The number of halogens is 1. The number of rotatable bonds is 6. The topological polar surface area (TPSA) is 97.6 Å². The Morgan fingerprint density at radius 2 is 2.07 bits per heavy atom. The van der Waals surface area contributed by atoms with Crippen LogP contribution in [0.5, 0.6) is 5.75 Å². The molecule has 2 heterocycles. The molecular formula is C21H19FN4O4. The Labute approximate surface area is 171 Å². The molecule has 154 valence electrons. The Morgan fingerprint density at radius 1 is 1.27 bits per heavy atom. The number of anilines is 2. The maximum absolute atomic E-state index is 13.2. The van der Waals surface area contributed by atoms with Crippen molar-refractivity contribution < 1.29 is 23.1 Å². The number of aromatic nitrogens is 2. The van der Waals surface area contributed by atoms with Crippen LogP contribution in [-0.4, -0.2) is 35.7 Å². The van der Waals surface area contributed by atoms with Gasteiger partial charge in [0.1, 0.15) is 11.6 Å². The molecule has 1 saturated heterocycles. The van der Waals surface area contributed by atoms with Gasteiger partial charge in [0, 0.05) is 18.7 Å². The average Bonchev–Trinajstić information content (AvgIpc) is 3.34. The van der Waals surface area contributed by atoms with Crippen LogP contribution in [0.25, 0.3) is 0 Å². The molecule has 0 bridgehead atoms. The third kappa shape index (κ3) is 4.29. The molecule has 2 aromatic carbocycles. The van der Waals surface area contributed by atoms with Crippen molar-refractivity contribution in [3.8, 4) is 5.75 Å². The van der Waals surface area contributed by atoms with Gasteiger partial charge in [-0.25, -0.2) is 4.39 Å². The van der Waals surface area contributed by atoms with Gasteiger partial charge in [0.15, 0.2) is 0 Å². The number of benzene rings is 2. The number of nitrogens with zero attached hydrogens (tertiary/aromatic N) is 3. The van der Waals surface area contributed by atoms with Crippen molar-refractivity contribution in [2.75, 3.05) is 23.9 Å². The van der Waals surface area contributed by atoms with Crippen LogP contribution in [0.3, 0.4) is 0 Å². The van der Waals surface area contributed by atoms with Crippen LogP contribution in [0.1, 0.15) is 23.8 Å². The zero-order chi connectivity index (χ0) is 21.1. The zero-order valence-corrected chi connectivity index (χ0v) is 16.2. The molecule has 1 aromatic heterocycles. The van der Waals surface area contributed by atoms with Crippen molar-refractivity contribution >= 4 is 23.5 Å². The number of carbonyl (C=O) groups excluding carboxylic acids is 2. The first-order valence-corrected chi connectivity index (χ1v) is 9.34. The van der Waals surface area contributed by atoms with Gasteiger partial charge in [0.2, 0.25) is 17.7 Å². The molecule has 4 rings (SSSR count). The van der Waals surface area contributed by atoms with Crippen molar-refractivity contribution in [2.45, 2.75) is 18.8 Å². The number of methoxy groups -OCH3 is 1. The van der Waals surface area contributed by atoms with E-state index in [1.54, 1.807) is 30.2 Å². The zero-order valence-electron chi connectivity index (χ0n) is 16.2. The van der Waals surface area contributed by atoms with E-state index >= 15 is 0 Å². The monoisotopic (exact) mass is 410 g/mol. The summed E-state index contributed by atoms with van der Waals surface area (Å²) in [4.78, 5) is 26.2. The van der Waals surface area contributed by atoms with E-state index in [1.807, 2.05) is 12.1 Å². The van der Waals surface area contributed by atoms with E-state index in [0.29, 0.717) is 17.9 Å². The van der Waals surface area contributed by atoms with Crippen LogP contribution >= 0.6 is 0 Å². The van der Waals surface area contributed by atoms with Gasteiger partial charge in [-0.15, -0.1) is 5.10 Å². The van der Waals surface area contributed by atoms with Crippen molar-refractivity contribution in [2.24, 2.45) is 0 Å². The van der Waals surface area contributed by atoms with Crippen LogP contribution in [-0.2, 0) is 16.0 Å². The molecule has 0 spiro atoms. The lowest BCUT2D eigenvalue weighted by Crippen LogP contribution is -2.24. The summed E-state index contributed by atoms with van der Waals surface area (Å²) in [5.41, 5.74) is 1.29. The van der Waals surface area contributed by atoms with Crippen molar-refractivity contribution in [1.29, 1.82) is 0 Å². The SMILES string of the molecule is COc1ccc(N2C[C@@H](c3nnc(NC(=O)Cc4cccc(F)c4)o3)CC2=O)cc1. The standard InChI is InChI=1S/C21H19FN4O4/c1-29-17-7-5-16(6-8-17)26-12-14(11-19(26)28)20-24-25-21(30-20)23-18(27)10-13-3-2-4-15(22)9-13/h2-9,14H,10-12H2,1H3,(H,23,25,27)/t14-/m0/s1. The van der Waals surface area contributed by atoms with E-state index in [2.05, 4.69) is 15.5 Å². The number of hydrogen-bond donors (Lipinski definition) is 1. The highest BCUT2D eigenvalue weighted by molar-refractivity contribution is 5.96. The molecule has 8 nitrogen and oxygen atoms in total. The number of amides is 2. The molecule has 30 heavy (non-hydrogen) atoms. The van der Waals surface area contributed by atoms with Crippen molar-refractivity contribution in [1.82, 2.24) is 10.2 Å². The second kappa shape index (κ2) is 8.32. The predicted octanol–water partition coefficient (Wildman–Crippen LogP) is 2.92. The summed E-state index contributed by atoms with van der Waals surface area (Å²) in [6.07, 6.45) is 0.202. The molecule has 0 aliphatic carbocycles. The third-order valence-electron chi connectivity index (χ3n) is 4.80. The predicted molar refractivity (Wildman–Crippen MR) is 106 cm³/mol. The van der Waals surface area contributed by atoms with Crippen LogP contribution in [0.15, 0.2) is 52.9 Å². The van der Waals surface area contributed by atoms with E-state index in [-0.39, 0.29) is 36.6 Å². The number of nitrogens with one attached hydrogen (secondary N) is 1. The Morgan fingerprint density at radius 3 is 2.80 bits per heavy atom. The highest BCUT2D eigenvalue weighted by Crippen LogP contribution is 2.32. The Hall–Kier alpha value is -3.75. The molecule has 0 unspecified atom stereocenters. The molecule has 1 N–H and O–H groups in total. The lowest BCUT2D eigenvalue weighted by molar-refractivity contribution is -0.117. The van der Waals surface area contributed by atoms with Gasteiger partial charge in [-0.2, -0.15) is 0 Å². The number of carbonyl (C=O) groups is 2. The Balaban J connectivity index is 1.38. The molecule has 9 heteroatoms. The molecule has 1 fully saturated rings. The van der Waals surface area contributed by atoms with Crippen molar-refractivity contribution in [3.63, 3.8) is 0 Å². The first kappa shape index (κ1) is 19.6. The van der Waals surface area contributed by atoms with E-state index in [1.165, 1.54) is 18.2 Å². The quantitative estimate of drug-likeness (QED) is 0.671. The lowest BCUT2D eigenvalue weighted by Gasteiger charge is -2.16. The summed E-state index contributed by atoms with van der Waals surface area (Å²) < 4.78 is 23.9. The minimum atomic E-state index is -0.410. The normalized spacial score (nSPS) is 16.0. The fraction of sp³-hybridized carbons (Fsp3) is 0.238. The number of hydrogen-bond acceptors (Lipinski definition) is 6. The van der Waals surface area contributed by atoms with E-state index in [9.17, 15) is 14.0 Å². The summed E-state index contributed by atoms with van der Waals surface area (Å²) >= 11 is 0. The second-order valence-electron chi connectivity index (χ2n) is 6.90. The molecular weight excluding hydrogens is 391 g/mol. The fourth-order valence-electron chi connectivity index (χ4n) is 3.33. The summed E-state index contributed by atoms with van der Waals surface area (Å²) in [5.74, 6) is -0.162. The first-order valence-electron chi connectivity index (χ1n) is 9.34. The molecule has 2 amide bonds. The van der Waals surface area contributed by atoms with Crippen LogP contribution in [0.4, 0.5) is 16.1 Å². The van der Waals surface area contributed by atoms with Gasteiger partial charge >= 0.3 is 6.01 Å². The van der Waals surface area contributed by atoms with Gasteiger partial charge < -0.3 is 14.1 Å². The fourth-order valence-corrected chi connectivity index (χ4v) is 3.33. The highest BCUT2D eigenvalue weighted by atomic mass is 19.1. The molecule has 1 aliphatic rings. The first-order chi connectivity index (χ1) is 14.5. The lowest BCUT2D eigenvalue weighted by atomic mass is 10.1. The minimum Gasteiger partial charge on any atom is -0.497 e. The minimum absolute atomic E-state index is 0.0252. The van der Waals surface area contributed by atoms with Gasteiger partial charge in [0.25, 0.3) is 0 Å². The van der Waals surface area contributed by atoms with Gasteiger partial charge in [-0.1, -0.05) is 17.2 Å². The smallest absolute Gasteiger partial charge is 0.322 e. The maximum Gasteiger partial charge on any atom is 0.322 e. The van der Waals surface area contributed by atoms with E-state index in [0.717, 1.165) is 5.69 Å². The van der Waals surface area contributed by atoms with Gasteiger partial charge in [-0.3, -0.25) is 14.9 Å². The largest absolute Gasteiger partial charge is 0.497 e. The van der Waals surface area contributed by atoms with Crippen LogP contribution < -0.4 is 15.0 Å². The average molecular weight is 410 g/mol. The van der Waals surface area contributed by atoms with Crippen LogP contribution in [0.2, 0.25) is 0 Å². The number of ether oxygens (including phenoxy) is 1. The van der Waals surface area contributed by atoms with Crippen molar-refractivity contribution in [3.05, 3.63) is 65.8 Å². The van der Waals surface area contributed by atoms with Crippen LogP contribution in [0, 0.1) is 5.82 Å². The van der Waals surface area contributed by atoms with E-state index < -0.39 is 11.7 Å². The third-order valence-corrected chi connectivity index (χ3v) is 4.80. The molecule has 3 aromatic rings. The molecule has 0 saturated carbocycles. The summed E-state index contributed by atoms with van der Waals surface area (Å²) in [6, 6.07) is 12.9. The second-order valence-corrected chi connectivity index (χ2v) is 6.90. The highest BCUT2D eigenvalue weighted by Gasteiger charge is 2.35. The Bertz CT molecular complexity index is 1070. The van der Waals surface area contributed by atoms with E-state index in [4.69, 9.17) is 9.15 Å². The Kier molecular flexibility index (Phi) is 5.42. The molecule has 1 atom stereocenters. The maximum atomic E-state index is 13.2. The summed E-state index contributed by atoms with van der Waals surface area (Å²) in [7, 11) is 1.58. The summed E-state index contributed by atoms with van der Waals surface area (Å²) in [6.45, 7) is 0.393. The molecule has 0 radical (unpaired) electrons. The van der Waals surface area contributed by atoms with Gasteiger partial charge in [-0.05, 0) is 42.0 Å².